The Kier molecular flexibility index (Phi) is 8.14. The van der Waals surface area contributed by atoms with Crippen LogP contribution in [0.1, 0.15) is 39.5 Å². The average molecular weight is 480 g/mol. The maximum Gasteiger partial charge on any atom is 0.243 e. The molecule has 0 spiro atoms. The molecule has 174 valence electrons. The molecule has 1 saturated heterocycles. The summed E-state index contributed by atoms with van der Waals surface area (Å²) >= 11 is 5.87. The number of sulfonamides is 1. The van der Waals surface area contributed by atoms with Gasteiger partial charge in [-0.15, -0.1) is 0 Å². The van der Waals surface area contributed by atoms with Crippen molar-refractivity contribution >= 4 is 27.5 Å². The average Bonchev–Trinajstić information content (AvgIpc) is 2.79. The highest BCUT2D eigenvalue weighted by Crippen LogP contribution is 2.25. The van der Waals surface area contributed by atoms with Crippen molar-refractivity contribution in [3.8, 4) is 5.75 Å². The van der Waals surface area contributed by atoms with Crippen LogP contribution in [0.15, 0.2) is 53.7 Å². The number of amides is 1. The van der Waals surface area contributed by atoms with E-state index in [4.69, 9.17) is 16.3 Å². The summed E-state index contributed by atoms with van der Waals surface area (Å²) in [7, 11) is -3.52. The van der Waals surface area contributed by atoms with Crippen molar-refractivity contribution in [2.45, 2.75) is 50.5 Å². The number of ether oxygens (including phenoxy) is 1. The standard InChI is InChI=1S/C23H30ClN3O4S/c1-23(2,12-3-17-31-20-6-4-18(24)5-7-20)22(28)26-19-10-15-27(16-11-19)32(29,30)21-8-13-25-14-9-21/h4-9,13-14,19H,3,10-12,15-17H2,1-2H3,(H,26,28). The van der Waals surface area contributed by atoms with Gasteiger partial charge >= 0.3 is 0 Å². The molecule has 0 aliphatic carbocycles. The van der Waals surface area contributed by atoms with Gasteiger partial charge in [0, 0.05) is 42.0 Å². The molecule has 1 aliphatic rings. The van der Waals surface area contributed by atoms with Crippen molar-refractivity contribution < 1.29 is 17.9 Å². The molecule has 3 rings (SSSR count). The largest absolute Gasteiger partial charge is 0.494 e. The molecule has 2 heterocycles. The van der Waals surface area contributed by atoms with Crippen LogP contribution >= 0.6 is 11.6 Å². The zero-order valence-electron chi connectivity index (χ0n) is 18.5. The fourth-order valence-corrected chi connectivity index (χ4v) is 5.21. The maximum absolute atomic E-state index is 12.8. The van der Waals surface area contributed by atoms with Crippen LogP contribution in [0.2, 0.25) is 5.02 Å². The van der Waals surface area contributed by atoms with Crippen molar-refractivity contribution in [3.05, 3.63) is 53.8 Å². The second-order valence-electron chi connectivity index (χ2n) is 8.62. The van der Waals surface area contributed by atoms with Gasteiger partial charge in [-0.05, 0) is 62.1 Å². The zero-order chi connectivity index (χ0) is 23.2. The molecule has 2 aromatic rings. The van der Waals surface area contributed by atoms with E-state index in [1.54, 1.807) is 12.1 Å². The van der Waals surface area contributed by atoms with E-state index in [2.05, 4.69) is 10.3 Å². The Labute approximate surface area is 195 Å². The molecule has 7 nitrogen and oxygen atoms in total. The van der Waals surface area contributed by atoms with Gasteiger partial charge in [0.25, 0.3) is 0 Å². The van der Waals surface area contributed by atoms with E-state index in [0.717, 1.165) is 12.2 Å². The number of piperidine rings is 1. The van der Waals surface area contributed by atoms with E-state index >= 15 is 0 Å². The maximum atomic E-state index is 12.8. The fourth-order valence-electron chi connectivity index (χ4n) is 3.63. The molecule has 0 saturated carbocycles. The molecule has 1 N–H and O–H groups in total. The number of halogens is 1. The van der Waals surface area contributed by atoms with Crippen molar-refractivity contribution in [1.29, 1.82) is 0 Å². The lowest BCUT2D eigenvalue weighted by molar-refractivity contribution is -0.130. The summed E-state index contributed by atoms with van der Waals surface area (Å²) < 4.78 is 32.7. The molecular weight excluding hydrogens is 450 g/mol. The number of nitrogens with zero attached hydrogens (tertiary/aromatic N) is 2. The van der Waals surface area contributed by atoms with Crippen molar-refractivity contribution in [2.75, 3.05) is 19.7 Å². The van der Waals surface area contributed by atoms with Crippen LogP contribution in [0.25, 0.3) is 0 Å². The Morgan fingerprint density at radius 1 is 1.16 bits per heavy atom. The van der Waals surface area contributed by atoms with E-state index in [9.17, 15) is 13.2 Å². The molecule has 1 amide bonds. The first-order valence-electron chi connectivity index (χ1n) is 10.8. The fraction of sp³-hybridized carbons (Fsp3) is 0.478. The smallest absolute Gasteiger partial charge is 0.243 e. The lowest BCUT2D eigenvalue weighted by Crippen LogP contribution is -2.49. The minimum atomic E-state index is -3.52. The molecule has 1 fully saturated rings. The van der Waals surface area contributed by atoms with Crippen LogP contribution in [0.3, 0.4) is 0 Å². The highest BCUT2D eigenvalue weighted by Gasteiger charge is 2.33. The Morgan fingerprint density at radius 3 is 2.41 bits per heavy atom. The quantitative estimate of drug-likeness (QED) is 0.551. The van der Waals surface area contributed by atoms with Crippen LogP contribution in [-0.2, 0) is 14.8 Å². The molecule has 32 heavy (non-hydrogen) atoms. The first kappa shape index (κ1) is 24.5. The second-order valence-corrected chi connectivity index (χ2v) is 11.0. The number of carbonyl (C=O) groups is 1. The topological polar surface area (TPSA) is 88.6 Å². The number of carbonyl (C=O) groups excluding carboxylic acids is 1. The minimum absolute atomic E-state index is 0.0144. The first-order chi connectivity index (χ1) is 15.2. The van der Waals surface area contributed by atoms with Gasteiger partial charge in [-0.25, -0.2) is 8.42 Å². The number of hydrogen-bond donors (Lipinski definition) is 1. The number of hydrogen-bond acceptors (Lipinski definition) is 5. The Bertz CT molecular complexity index is 990. The van der Waals surface area contributed by atoms with Gasteiger partial charge in [-0.1, -0.05) is 25.4 Å². The van der Waals surface area contributed by atoms with Crippen molar-refractivity contribution in [3.63, 3.8) is 0 Å². The normalized spacial score (nSPS) is 16.0. The summed E-state index contributed by atoms with van der Waals surface area (Å²) in [6.45, 7) is 5.13. The summed E-state index contributed by atoms with van der Waals surface area (Å²) in [6, 6.07) is 10.2. The number of nitrogens with one attached hydrogen (secondary N) is 1. The van der Waals surface area contributed by atoms with Gasteiger partial charge in [0.05, 0.1) is 11.5 Å². The molecule has 1 aromatic carbocycles. The van der Waals surface area contributed by atoms with Crippen LogP contribution < -0.4 is 10.1 Å². The third kappa shape index (κ3) is 6.43. The van der Waals surface area contributed by atoms with Crippen molar-refractivity contribution in [1.82, 2.24) is 14.6 Å². The summed E-state index contributed by atoms with van der Waals surface area (Å²) in [5.74, 6) is 0.740. The van der Waals surface area contributed by atoms with Gasteiger partial charge in [0.15, 0.2) is 0 Å². The van der Waals surface area contributed by atoms with E-state index in [0.29, 0.717) is 44.0 Å². The zero-order valence-corrected chi connectivity index (χ0v) is 20.0. The van der Waals surface area contributed by atoms with Gasteiger partial charge in [-0.3, -0.25) is 9.78 Å². The third-order valence-electron chi connectivity index (χ3n) is 5.72. The molecule has 9 heteroatoms. The van der Waals surface area contributed by atoms with Crippen LogP contribution in [-0.4, -0.2) is 49.4 Å². The van der Waals surface area contributed by atoms with Crippen LogP contribution in [0.4, 0.5) is 0 Å². The summed E-state index contributed by atoms with van der Waals surface area (Å²) in [5, 5.41) is 3.77. The highest BCUT2D eigenvalue weighted by atomic mass is 35.5. The Hall–Kier alpha value is -2.16. The van der Waals surface area contributed by atoms with Gasteiger partial charge in [0.2, 0.25) is 15.9 Å². The molecule has 0 radical (unpaired) electrons. The predicted molar refractivity (Wildman–Crippen MR) is 124 cm³/mol. The predicted octanol–water partition coefficient (Wildman–Crippen LogP) is 3.89. The highest BCUT2D eigenvalue weighted by molar-refractivity contribution is 7.89. The second kappa shape index (κ2) is 10.6. The number of rotatable bonds is 9. The number of pyridine rings is 1. The summed E-state index contributed by atoms with van der Waals surface area (Å²) in [4.78, 5) is 17.0. The van der Waals surface area contributed by atoms with E-state index in [-0.39, 0.29) is 16.8 Å². The minimum Gasteiger partial charge on any atom is -0.494 e. The number of benzene rings is 1. The van der Waals surface area contributed by atoms with Gasteiger partial charge in [-0.2, -0.15) is 4.31 Å². The molecule has 1 aliphatic heterocycles. The van der Waals surface area contributed by atoms with Gasteiger partial charge in [0.1, 0.15) is 5.75 Å². The molecule has 0 atom stereocenters. The van der Waals surface area contributed by atoms with Gasteiger partial charge < -0.3 is 10.1 Å². The molecule has 0 bridgehead atoms. The summed E-state index contributed by atoms with van der Waals surface area (Å²) in [6.07, 6.45) is 5.55. The van der Waals surface area contributed by atoms with E-state index < -0.39 is 15.4 Å². The first-order valence-corrected chi connectivity index (χ1v) is 12.6. The third-order valence-corrected chi connectivity index (χ3v) is 7.88. The Morgan fingerprint density at radius 2 is 1.78 bits per heavy atom. The molecule has 0 unspecified atom stereocenters. The lowest BCUT2D eigenvalue weighted by atomic mass is 9.86. The monoisotopic (exact) mass is 479 g/mol. The van der Waals surface area contributed by atoms with E-state index in [1.807, 2.05) is 26.0 Å². The summed E-state index contributed by atoms with van der Waals surface area (Å²) in [5.41, 5.74) is -0.538. The Balaban J connectivity index is 1.42. The molecular formula is C23H30ClN3O4S. The van der Waals surface area contributed by atoms with Crippen molar-refractivity contribution in [2.24, 2.45) is 5.41 Å². The van der Waals surface area contributed by atoms with Crippen LogP contribution in [0.5, 0.6) is 5.75 Å². The number of aromatic nitrogens is 1. The molecule has 1 aromatic heterocycles. The van der Waals surface area contributed by atoms with Crippen LogP contribution in [0, 0.1) is 5.41 Å². The SMILES string of the molecule is CC(C)(CCCOc1ccc(Cl)cc1)C(=O)NC1CCN(S(=O)(=O)c2ccncc2)CC1. The lowest BCUT2D eigenvalue weighted by Gasteiger charge is -2.33. The van der Waals surface area contributed by atoms with E-state index in [1.165, 1.54) is 28.8 Å².